The van der Waals surface area contributed by atoms with Crippen LogP contribution in [0.15, 0.2) is 0 Å². The van der Waals surface area contributed by atoms with Gasteiger partial charge in [0.1, 0.15) is 13.2 Å². The molecule has 0 saturated carbocycles. The molecule has 0 fully saturated rings. The van der Waals surface area contributed by atoms with Gasteiger partial charge in [0.2, 0.25) is 11.8 Å². The van der Waals surface area contributed by atoms with Crippen molar-refractivity contribution in [2.24, 2.45) is 5.73 Å². The number of methoxy groups -OCH3 is 1. The fraction of sp³-hybridized carbons (Fsp3) is 0.636. The number of ether oxygens (including phenoxy) is 2. The van der Waals surface area contributed by atoms with Gasteiger partial charge in [-0.3, -0.25) is 9.59 Å². The van der Waals surface area contributed by atoms with Crippen molar-refractivity contribution in [3.63, 3.8) is 0 Å². The lowest BCUT2D eigenvalue weighted by atomic mass is 10.5. The molecule has 0 aromatic heterocycles. The number of nitrogens with zero attached hydrogens (tertiary/aromatic N) is 1. The van der Waals surface area contributed by atoms with E-state index >= 15 is 0 Å². The fourth-order valence-electron chi connectivity index (χ4n) is 0.943. The number of amides is 2. The summed E-state index contributed by atoms with van der Waals surface area (Å²) in [7, 11) is 1.55. The maximum atomic E-state index is 11.6. The second-order valence-corrected chi connectivity index (χ2v) is 3.86. The molecule has 0 atom stereocenters. The number of hydrogen-bond acceptors (Lipinski definition) is 5. The Hall–Kier alpha value is -1.23. The summed E-state index contributed by atoms with van der Waals surface area (Å²) in [6.45, 7) is 0.655. The third-order valence-corrected chi connectivity index (χ3v) is 2.21. The number of primary amides is 1. The van der Waals surface area contributed by atoms with E-state index in [1.165, 1.54) is 16.7 Å². The Morgan fingerprint density at radius 1 is 1.33 bits per heavy atom. The highest BCUT2D eigenvalue weighted by Crippen LogP contribution is 1.99. The molecule has 2 amide bonds. The van der Waals surface area contributed by atoms with E-state index in [4.69, 9.17) is 15.2 Å². The van der Waals surface area contributed by atoms with E-state index in [1.54, 1.807) is 7.11 Å². The van der Waals surface area contributed by atoms with Gasteiger partial charge in [0.05, 0.1) is 19.1 Å². The van der Waals surface area contributed by atoms with Gasteiger partial charge in [0.25, 0.3) is 0 Å². The van der Waals surface area contributed by atoms with Crippen LogP contribution < -0.4 is 5.73 Å². The van der Waals surface area contributed by atoms with Crippen molar-refractivity contribution in [3.8, 4) is 12.8 Å². The van der Waals surface area contributed by atoms with Crippen LogP contribution in [0.1, 0.15) is 0 Å². The van der Waals surface area contributed by atoms with Crippen LogP contribution in [0.3, 0.4) is 0 Å². The third kappa shape index (κ3) is 11.3. The molecule has 0 saturated heterocycles. The fourth-order valence-corrected chi connectivity index (χ4v) is 1.49. The number of carbonyl (C=O) groups excluding carboxylic acids is 2. The van der Waals surface area contributed by atoms with Crippen molar-refractivity contribution in [2.75, 3.05) is 45.6 Å². The lowest BCUT2D eigenvalue weighted by molar-refractivity contribution is -0.138. The molecule has 0 spiro atoms. The quantitative estimate of drug-likeness (QED) is 0.350. The van der Waals surface area contributed by atoms with Gasteiger partial charge in [-0.25, -0.2) is 0 Å². The van der Waals surface area contributed by atoms with Crippen LogP contribution in [0, 0.1) is 12.8 Å². The zero-order valence-corrected chi connectivity index (χ0v) is 11.6. The highest BCUT2D eigenvalue weighted by molar-refractivity contribution is 7.98. The zero-order valence-electron chi connectivity index (χ0n) is 10.8. The van der Waals surface area contributed by atoms with E-state index in [1.807, 2.05) is 6.26 Å². The smallest absolute Gasteiger partial charge is 0.249 e. The first kappa shape index (κ1) is 19.1. The summed E-state index contributed by atoms with van der Waals surface area (Å²) >= 11 is 1.44. The van der Waals surface area contributed by atoms with Crippen LogP contribution >= 0.6 is 11.8 Å². The minimum absolute atomic E-state index is 0.0583. The molecule has 104 valence electrons. The van der Waals surface area contributed by atoms with Crippen molar-refractivity contribution >= 4 is 23.6 Å². The largest absolute Gasteiger partial charge is 0.382 e. The number of carbonyl (C=O) groups is 2. The van der Waals surface area contributed by atoms with E-state index in [-0.39, 0.29) is 19.1 Å². The highest BCUT2D eigenvalue weighted by Gasteiger charge is 2.14. The first-order chi connectivity index (χ1) is 8.61. The summed E-state index contributed by atoms with van der Waals surface area (Å²) < 4.78 is 9.84. The highest BCUT2D eigenvalue weighted by atomic mass is 32.2. The molecule has 0 bridgehead atoms. The van der Waals surface area contributed by atoms with Crippen LogP contribution in [-0.2, 0) is 19.1 Å². The van der Waals surface area contributed by atoms with Gasteiger partial charge in [-0.1, -0.05) is 0 Å². The van der Waals surface area contributed by atoms with Gasteiger partial charge >= 0.3 is 0 Å². The van der Waals surface area contributed by atoms with Gasteiger partial charge in [0.15, 0.2) is 0 Å². The topological polar surface area (TPSA) is 81.9 Å². The molecule has 0 aromatic carbocycles. The summed E-state index contributed by atoms with van der Waals surface area (Å²) in [6.07, 6.45) is 9.84. The van der Waals surface area contributed by atoms with Crippen LogP contribution in [-0.4, -0.2) is 62.3 Å². The van der Waals surface area contributed by atoms with E-state index in [0.717, 1.165) is 0 Å². The summed E-state index contributed by atoms with van der Waals surface area (Å²) in [6, 6.07) is 0. The summed E-state index contributed by atoms with van der Waals surface area (Å²) in [5.41, 5.74) is 5.03. The van der Waals surface area contributed by atoms with Crippen LogP contribution in [0.5, 0.6) is 0 Å². The Morgan fingerprint density at radius 2 is 1.94 bits per heavy atom. The molecule has 0 aliphatic heterocycles. The molecule has 0 unspecified atom stereocenters. The second kappa shape index (κ2) is 13.8. The monoisotopic (exact) mass is 276 g/mol. The van der Waals surface area contributed by atoms with Crippen molar-refractivity contribution in [1.82, 2.24) is 4.90 Å². The molecule has 0 aliphatic rings. The van der Waals surface area contributed by atoms with Gasteiger partial charge in [-0.15, -0.1) is 24.6 Å². The first-order valence-corrected chi connectivity index (χ1v) is 6.46. The minimum atomic E-state index is -0.528. The van der Waals surface area contributed by atoms with Crippen LogP contribution in [0.4, 0.5) is 0 Å². The molecule has 0 radical (unpaired) electrons. The summed E-state index contributed by atoms with van der Waals surface area (Å²) in [5.74, 6) is -0.348. The van der Waals surface area contributed by atoms with Crippen molar-refractivity contribution in [1.29, 1.82) is 0 Å². The number of nitrogens with two attached hydrogens (primary N) is 1. The lowest BCUT2D eigenvalue weighted by Crippen LogP contribution is -2.40. The van der Waals surface area contributed by atoms with Gasteiger partial charge in [-0.2, -0.15) is 0 Å². The number of rotatable bonds is 9. The van der Waals surface area contributed by atoms with Crippen molar-refractivity contribution in [2.45, 2.75) is 0 Å². The Bertz CT molecular complexity index is 259. The maximum absolute atomic E-state index is 11.6. The van der Waals surface area contributed by atoms with E-state index in [2.05, 4.69) is 12.8 Å². The molecule has 0 aliphatic carbocycles. The Morgan fingerprint density at radius 3 is 2.39 bits per heavy atom. The molecule has 18 heavy (non-hydrogen) atoms. The molecular weight excluding hydrogens is 256 g/mol. The normalized spacial score (nSPS) is 9.11. The number of terminal acetylenes is 1. The molecule has 7 heteroatoms. The molecule has 0 rings (SSSR count). The van der Waals surface area contributed by atoms with Crippen molar-refractivity contribution < 1.29 is 19.1 Å². The van der Waals surface area contributed by atoms with Gasteiger partial charge in [-0.05, 0) is 6.26 Å². The molecule has 0 aromatic rings. The predicted octanol–water partition coefficient (Wildman–Crippen LogP) is -0.467. The third-order valence-electron chi connectivity index (χ3n) is 1.64. The molecule has 2 N–H and O–H groups in total. The van der Waals surface area contributed by atoms with Gasteiger partial charge in [0, 0.05) is 7.11 Å². The van der Waals surface area contributed by atoms with Gasteiger partial charge < -0.3 is 20.1 Å². The summed E-state index contributed by atoms with van der Waals surface area (Å²) in [5, 5.41) is 0. The van der Waals surface area contributed by atoms with Crippen LogP contribution in [0.25, 0.3) is 0 Å². The average Bonchev–Trinajstić information content (AvgIpc) is 2.36. The standard InChI is InChI=1S/C9H18N2O4S.C2H2/c1-14-3-4-15-6-9(13)11(7-16-2)5-8(10)12;1-2/h3-7H2,1-2H3,(H2,10,12);1-2H. The zero-order chi connectivity index (χ0) is 14.4. The van der Waals surface area contributed by atoms with Crippen molar-refractivity contribution in [3.05, 3.63) is 0 Å². The van der Waals surface area contributed by atoms with E-state index in [9.17, 15) is 9.59 Å². The SMILES string of the molecule is C#C.COCCOCC(=O)N(CSC)CC(N)=O. The average molecular weight is 276 g/mol. The van der Waals surface area contributed by atoms with Crippen LogP contribution in [0.2, 0.25) is 0 Å². The second-order valence-electron chi connectivity index (χ2n) is 3.02. The summed E-state index contributed by atoms with van der Waals surface area (Å²) in [4.78, 5) is 23.7. The number of thioether (sulfide) groups is 1. The van der Waals surface area contributed by atoms with E-state index < -0.39 is 5.91 Å². The number of hydrogen-bond donors (Lipinski definition) is 1. The Kier molecular flexibility index (Phi) is 14.7. The maximum Gasteiger partial charge on any atom is 0.249 e. The Balaban J connectivity index is 0. The molecular formula is C11H20N2O4S. The minimum Gasteiger partial charge on any atom is -0.382 e. The molecule has 0 heterocycles. The predicted molar refractivity (Wildman–Crippen MR) is 71.9 cm³/mol. The first-order valence-electron chi connectivity index (χ1n) is 5.06. The Labute approximate surface area is 112 Å². The molecule has 6 nitrogen and oxygen atoms in total. The van der Waals surface area contributed by atoms with E-state index in [0.29, 0.717) is 19.1 Å². The lowest BCUT2D eigenvalue weighted by Gasteiger charge is -2.19.